The van der Waals surface area contributed by atoms with E-state index >= 15 is 0 Å². The minimum atomic E-state index is -2.91. The highest BCUT2D eigenvalue weighted by Crippen LogP contribution is 2.38. The Balaban J connectivity index is 0.00000158. The van der Waals surface area contributed by atoms with E-state index in [1.165, 1.54) is 25.2 Å². The van der Waals surface area contributed by atoms with Crippen LogP contribution in [-0.4, -0.2) is 67.3 Å². The van der Waals surface area contributed by atoms with E-state index in [1.54, 1.807) is 10.7 Å². The van der Waals surface area contributed by atoms with Crippen molar-refractivity contribution in [2.24, 2.45) is 5.73 Å². The number of nitrogens with two attached hydrogens (primary N) is 1. The topological polar surface area (TPSA) is 123 Å². The van der Waals surface area contributed by atoms with E-state index in [1.807, 2.05) is 6.20 Å². The van der Waals surface area contributed by atoms with Gasteiger partial charge in [0.15, 0.2) is 5.65 Å². The van der Waals surface area contributed by atoms with Gasteiger partial charge in [0.05, 0.1) is 17.6 Å². The van der Waals surface area contributed by atoms with Crippen LogP contribution in [0.15, 0.2) is 23.4 Å². The van der Waals surface area contributed by atoms with Crippen LogP contribution in [-0.2, 0) is 10.8 Å². The first-order valence-corrected chi connectivity index (χ1v) is 14.2. The third-order valence-corrected chi connectivity index (χ3v) is 9.15. The van der Waals surface area contributed by atoms with Crippen molar-refractivity contribution >= 4 is 55.9 Å². The molecule has 1 unspecified atom stereocenters. The van der Waals surface area contributed by atoms with Crippen molar-refractivity contribution in [1.82, 2.24) is 14.1 Å². The highest BCUT2D eigenvalue weighted by molar-refractivity contribution is 8.26. The van der Waals surface area contributed by atoms with Crippen LogP contribution in [0.3, 0.4) is 0 Å². The Morgan fingerprint density at radius 3 is 2.53 bits per heavy atom. The standard InChI is InChI=1S/C20H26F2N6OS3.CH5N/c1-20(5-6-20)26-31-12-9-14(27-7-3-13(4-8-27)32(2)29)19-25-10-15(28(19)11-12)17(23)30-18(24)16(21)22;1-2/h9-11,13,16,23-24,26H,3-8H2,1-2H3;2H2,1H3. The van der Waals surface area contributed by atoms with Crippen molar-refractivity contribution in [3.8, 4) is 0 Å². The lowest BCUT2D eigenvalue weighted by Gasteiger charge is -2.33. The number of rotatable bonds is 7. The lowest BCUT2D eigenvalue weighted by molar-refractivity contribution is 0.228. The molecular weight excluding hydrogens is 500 g/mol. The number of hydrogen-bond donors (Lipinski definition) is 4. The predicted molar refractivity (Wildman–Crippen MR) is 139 cm³/mol. The van der Waals surface area contributed by atoms with Gasteiger partial charge in [-0.3, -0.25) is 24.2 Å². The summed E-state index contributed by atoms with van der Waals surface area (Å²) in [4.78, 5) is 7.65. The van der Waals surface area contributed by atoms with Gasteiger partial charge in [-0.1, -0.05) is 0 Å². The molecule has 2 aromatic rings. The van der Waals surface area contributed by atoms with Crippen molar-refractivity contribution in [2.75, 3.05) is 31.3 Å². The third-order valence-electron chi connectivity index (χ3n) is 5.87. The van der Waals surface area contributed by atoms with Gasteiger partial charge in [0.1, 0.15) is 10.1 Å². The van der Waals surface area contributed by atoms with Gasteiger partial charge in [-0.25, -0.2) is 13.8 Å². The molecule has 0 radical (unpaired) electrons. The Morgan fingerprint density at radius 1 is 1.32 bits per heavy atom. The molecule has 2 aliphatic rings. The molecule has 0 aromatic carbocycles. The predicted octanol–water partition coefficient (Wildman–Crippen LogP) is 3.71. The fraction of sp³-hybridized carbons (Fsp3) is 0.571. The molecule has 0 spiro atoms. The summed E-state index contributed by atoms with van der Waals surface area (Å²) in [5, 5.41) is 14.9. The smallest absolute Gasteiger partial charge is 0.285 e. The molecule has 1 saturated heterocycles. The number of hydrogen-bond acceptors (Lipinski definition) is 9. The van der Waals surface area contributed by atoms with Gasteiger partial charge >= 0.3 is 0 Å². The lowest BCUT2D eigenvalue weighted by Crippen LogP contribution is -2.37. The van der Waals surface area contributed by atoms with Gasteiger partial charge in [-0.2, -0.15) is 0 Å². The molecule has 0 bridgehead atoms. The van der Waals surface area contributed by atoms with Crippen molar-refractivity contribution in [2.45, 2.75) is 54.7 Å². The number of aromatic nitrogens is 2. The highest BCUT2D eigenvalue weighted by Gasteiger charge is 2.37. The summed E-state index contributed by atoms with van der Waals surface area (Å²) in [6.07, 6.45) is 6.09. The number of thioether (sulfide) groups is 1. The van der Waals surface area contributed by atoms with Crippen LogP contribution >= 0.6 is 23.7 Å². The SMILES string of the molecule is CN.CS(=O)C1CCN(c2cc(SNC3(C)CC3)cn3c(C(=N)SC(=N)C(F)F)cnc23)CC1. The minimum Gasteiger partial charge on any atom is -0.368 e. The molecule has 1 saturated carbocycles. The van der Waals surface area contributed by atoms with E-state index in [-0.39, 0.29) is 15.8 Å². The summed E-state index contributed by atoms with van der Waals surface area (Å²) >= 11 is 1.96. The quantitative estimate of drug-likeness (QED) is 0.244. The second kappa shape index (κ2) is 11.5. The van der Waals surface area contributed by atoms with E-state index in [0.29, 0.717) is 23.1 Å². The van der Waals surface area contributed by atoms with Crippen LogP contribution in [0.1, 0.15) is 38.3 Å². The first-order valence-electron chi connectivity index (χ1n) is 10.9. The molecule has 8 nitrogen and oxygen atoms in total. The maximum Gasteiger partial charge on any atom is 0.285 e. The van der Waals surface area contributed by atoms with E-state index in [9.17, 15) is 13.0 Å². The van der Waals surface area contributed by atoms with Crippen molar-refractivity contribution in [3.63, 3.8) is 0 Å². The van der Waals surface area contributed by atoms with Crippen molar-refractivity contribution in [3.05, 3.63) is 24.2 Å². The molecule has 3 heterocycles. The molecule has 2 fully saturated rings. The second-order valence-electron chi connectivity index (χ2n) is 8.44. The zero-order valence-corrected chi connectivity index (χ0v) is 21.9. The van der Waals surface area contributed by atoms with E-state index in [0.717, 1.165) is 49.4 Å². The summed E-state index contributed by atoms with van der Waals surface area (Å²) in [5.41, 5.74) is 6.55. The maximum absolute atomic E-state index is 12.8. The van der Waals surface area contributed by atoms with Crippen LogP contribution in [0, 0.1) is 10.8 Å². The maximum atomic E-state index is 12.8. The molecule has 1 atom stereocenters. The number of nitrogens with one attached hydrogen (secondary N) is 3. The zero-order valence-electron chi connectivity index (χ0n) is 19.4. The molecule has 4 rings (SSSR count). The van der Waals surface area contributed by atoms with Gasteiger partial charge in [0.2, 0.25) is 0 Å². The van der Waals surface area contributed by atoms with Crippen molar-refractivity contribution < 1.29 is 13.0 Å². The molecule has 188 valence electrons. The van der Waals surface area contributed by atoms with E-state index in [4.69, 9.17) is 10.8 Å². The van der Waals surface area contributed by atoms with Gasteiger partial charge in [0, 0.05) is 52.0 Å². The molecule has 5 N–H and O–H groups in total. The average Bonchev–Trinajstić information content (AvgIpc) is 3.41. The Kier molecular flexibility index (Phi) is 9.12. The van der Waals surface area contributed by atoms with Crippen LogP contribution < -0.4 is 15.4 Å². The number of nitrogens with zero attached hydrogens (tertiary/aromatic N) is 3. The highest BCUT2D eigenvalue weighted by atomic mass is 32.2. The summed E-state index contributed by atoms with van der Waals surface area (Å²) in [7, 11) is 0.653. The minimum absolute atomic E-state index is 0.121. The Labute approximate surface area is 209 Å². The lowest BCUT2D eigenvalue weighted by atomic mass is 10.1. The van der Waals surface area contributed by atoms with Crippen LogP contribution in [0.25, 0.3) is 5.65 Å². The van der Waals surface area contributed by atoms with Crippen LogP contribution in [0.2, 0.25) is 0 Å². The Bertz CT molecular complexity index is 1070. The molecule has 1 aliphatic heterocycles. The molecule has 2 aromatic heterocycles. The summed E-state index contributed by atoms with van der Waals surface area (Å²) in [5.74, 6) is 0. The Hall–Kier alpha value is -1.54. The normalized spacial score (nSPS) is 18.5. The first kappa shape index (κ1) is 27.1. The van der Waals surface area contributed by atoms with Gasteiger partial charge in [0.25, 0.3) is 6.43 Å². The summed E-state index contributed by atoms with van der Waals surface area (Å²) < 4.78 is 42.8. The monoisotopic (exact) mass is 531 g/mol. The average molecular weight is 532 g/mol. The number of alkyl halides is 2. The molecule has 0 amide bonds. The van der Waals surface area contributed by atoms with Crippen molar-refractivity contribution in [1.29, 1.82) is 10.8 Å². The largest absolute Gasteiger partial charge is 0.368 e. The van der Waals surface area contributed by atoms with E-state index < -0.39 is 22.3 Å². The number of anilines is 1. The third kappa shape index (κ3) is 6.36. The number of halogens is 2. The first-order chi connectivity index (χ1) is 16.2. The van der Waals surface area contributed by atoms with Gasteiger partial charge in [-0.05, 0) is 69.4 Å². The molecule has 34 heavy (non-hydrogen) atoms. The molecular formula is C21H31F2N7OS3. The van der Waals surface area contributed by atoms with Gasteiger partial charge in [-0.15, -0.1) is 0 Å². The number of imidazole rings is 1. The fourth-order valence-electron chi connectivity index (χ4n) is 3.61. The summed E-state index contributed by atoms with van der Waals surface area (Å²) in [6.45, 7) is 3.67. The van der Waals surface area contributed by atoms with E-state index in [2.05, 4.69) is 33.3 Å². The Morgan fingerprint density at radius 2 is 1.97 bits per heavy atom. The van der Waals surface area contributed by atoms with Crippen LogP contribution in [0.5, 0.6) is 0 Å². The van der Waals surface area contributed by atoms with Crippen LogP contribution in [0.4, 0.5) is 14.5 Å². The second-order valence-corrected chi connectivity index (χ2v) is 12.0. The number of piperidine rings is 1. The fourth-order valence-corrected chi connectivity index (χ4v) is 5.94. The zero-order chi connectivity index (χ0) is 25.0. The van der Waals surface area contributed by atoms with Gasteiger partial charge < -0.3 is 10.6 Å². The number of pyridine rings is 1. The summed E-state index contributed by atoms with van der Waals surface area (Å²) in [6, 6.07) is 2.07. The number of fused-ring (bicyclic) bond motifs is 1. The molecule has 13 heteroatoms. The molecule has 1 aliphatic carbocycles.